The van der Waals surface area contributed by atoms with E-state index in [1.807, 2.05) is 24.3 Å². The van der Waals surface area contributed by atoms with E-state index in [0.29, 0.717) is 6.54 Å². The maximum absolute atomic E-state index is 11.3. The van der Waals surface area contributed by atoms with Gasteiger partial charge < -0.3 is 9.64 Å². The van der Waals surface area contributed by atoms with Gasteiger partial charge in [0.2, 0.25) is 5.91 Å². The molecule has 0 aliphatic carbocycles. The van der Waals surface area contributed by atoms with Crippen LogP contribution in [0.4, 0.5) is 0 Å². The number of ether oxygens (including phenoxy) is 1. The topological polar surface area (TPSA) is 29.5 Å². The van der Waals surface area contributed by atoms with E-state index in [1.165, 1.54) is 0 Å². The Morgan fingerprint density at radius 1 is 1.47 bits per heavy atom. The molecule has 0 heterocycles. The second-order valence-electron chi connectivity index (χ2n) is 3.22. The molecule has 0 saturated carbocycles. The first-order valence-electron chi connectivity index (χ1n) is 4.65. The van der Waals surface area contributed by atoms with Gasteiger partial charge in [-0.25, -0.2) is 0 Å². The van der Waals surface area contributed by atoms with Crippen LogP contribution in [0.5, 0.6) is 5.75 Å². The fraction of sp³-hybridized carbons (Fsp3) is 0.364. The van der Waals surface area contributed by atoms with Crippen molar-refractivity contribution in [1.29, 1.82) is 0 Å². The molecule has 0 N–H and O–H groups in total. The van der Waals surface area contributed by atoms with E-state index in [4.69, 9.17) is 4.74 Å². The number of hydrogen-bond donors (Lipinski definition) is 1. The minimum atomic E-state index is 0.00393. The fourth-order valence-electron chi connectivity index (χ4n) is 1.30. The third kappa shape index (κ3) is 3.16. The van der Waals surface area contributed by atoms with E-state index in [2.05, 4.69) is 12.6 Å². The number of rotatable bonds is 4. The molecule has 1 aromatic carbocycles. The summed E-state index contributed by atoms with van der Waals surface area (Å²) in [6, 6.07) is 7.66. The highest BCUT2D eigenvalue weighted by atomic mass is 32.1. The lowest BCUT2D eigenvalue weighted by molar-refractivity contribution is -0.127. The third-order valence-corrected chi connectivity index (χ3v) is 2.43. The summed E-state index contributed by atoms with van der Waals surface area (Å²) in [4.78, 5) is 13.0. The molecular weight excluding hydrogens is 210 g/mol. The monoisotopic (exact) mass is 225 g/mol. The van der Waals surface area contributed by atoms with Crippen LogP contribution in [0.25, 0.3) is 0 Å². The van der Waals surface area contributed by atoms with Crippen LogP contribution in [0.1, 0.15) is 5.56 Å². The predicted octanol–water partition coefficient (Wildman–Crippen LogP) is 1.58. The van der Waals surface area contributed by atoms with E-state index in [-0.39, 0.29) is 11.7 Å². The zero-order valence-electron chi connectivity index (χ0n) is 8.93. The number of hydrogen-bond acceptors (Lipinski definition) is 3. The van der Waals surface area contributed by atoms with Crippen molar-refractivity contribution in [3.05, 3.63) is 29.8 Å². The van der Waals surface area contributed by atoms with Crippen molar-refractivity contribution in [2.24, 2.45) is 0 Å². The average Bonchev–Trinajstić information content (AvgIpc) is 2.28. The molecule has 0 bridgehead atoms. The first-order valence-corrected chi connectivity index (χ1v) is 5.29. The van der Waals surface area contributed by atoms with Gasteiger partial charge in [0, 0.05) is 19.2 Å². The summed E-state index contributed by atoms with van der Waals surface area (Å²) in [5.74, 6) is 1.03. The lowest BCUT2D eigenvalue weighted by atomic mass is 10.2. The number of para-hydroxylation sites is 1. The van der Waals surface area contributed by atoms with Gasteiger partial charge in [-0.3, -0.25) is 4.79 Å². The lowest BCUT2D eigenvalue weighted by Gasteiger charge is -2.17. The van der Waals surface area contributed by atoms with Crippen LogP contribution < -0.4 is 4.74 Å². The normalized spacial score (nSPS) is 9.80. The Kier molecular flexibility index (Phi) is 4.49. The fourth-order valence-corrected chi connectivity index (χ4v) is 1.54. The highest BCUT2D eigenvalue weighted by Gasteiger charge is 2.09. The standard InChI is InChI=1S/C11H15NO2S/c1-12(11(13)8-15)7-9-5-3-4-6-10(9)14-2/h3-6,15H,7-8H2,1-2H3. The molecule has 0 aliphatic heterocycles. The van der Waals surface area contributed by atoms with Crippen LogP contribution in [0.3, 0.4) is 0 Å². The Bertz CT molecular complexity index is 341. The summed E-state index contributed by atoms with van der Waals surface area (Å²) in [5.41, 5.74) is 0.998. The molecule has 0 fully saturated rings. The quantitative estimate of drug-likeness (QED) is 0.788. The summed E-state index contributed by atoms with van der Waals surface area (Å²) in [6.45, 7) is 0.545. The molecule has 0 spiro atoms. The van der Waals surface area contributed by atoms with Crippen molar-refractivity contribution in [2.75, 3.05) is 19.9 Å². The van der Waals surface area contributed by atoms with Gasteiger partial charge in [0.15, 0.2) is 0 Å². The molecule has 1 amide bonds. The van der Waals surface area contributed by atoms with Crippen molar-refractivity contribution >= 4 is 18.5 Å². The molecule has 15 heavy (non-hydrogen) atoms. The van der Waals surface area contributed by atoms with Gasteiger partial charge in [0.25, 0.3) is 0 Å². The Labute approximate surface area is 95.4 Å². The molecule has 0 unspecified atom stereocenters. The van der Waals surface area contributed by atoms with Crippen molar-refractivity contribution in [1.82, 2.24) is 4.90 Å². The first kappa shape index (κ1) is 11.9. The number of carbonyl (C=O) groups is 1. The predicted molar refractivity (Wildman–Crippen MR) is 63.3 cm³/mol. The molecule has 4 heteroatoms. The number of methoxy groups -OCH3 is 1. The largest absolute Gasteiger partial charge is 0.496 e. The van der Waals surface area contributed by atoms with Crippen molar-refractivity contribution < 1.29 is 9.53 Å². The smallest absolute Gasteiger partial charge is 0.232 e. The van der Waals surface area contributed by atoms with E-state index in [1.54, 1.807) is 19.1 Å². The number of carbonyl (C=O) groups excluding carboxylic acids is 1. The highest BCUT2D eigenvalue weighted by Crippen LogP contribution is 2.18. The van der Waals surface area contributed by atoms with Crippen LogP contribution in [0, 0.1) is 0 Å². The summed E-state index contributed by atoms with van der Waals surface area (Å²) in [7, 11) is 3.38. The van der Waals surface area contributed by atoms with Gasteiger partial charge >= 0.3 is 0 Å². The Morgan fingerprint density at radius 2 is 2.13 bits per heavy atom. The van der Waals surface area contributed by atoms with Gasteiger partial charge in [-0.1, -0.05) is 18.2 Å². The maximum Gasteiger partial charge on any atom is 0.232 e. The van der Waals surface area contributed by atoms with Gasteiger partial charge in [-0.2, -0.15) is 12.6 Å². The van der Waals surface area contributed by atoms with E-state index in [9.17, 15) is 4.79 Å². The van der Waals surface area contributed by atoms with Gasteiger partial charge in [-0.05, 0) is 6.07 Å². The summed E-state index contributed by atoms with van der Waals surface area (Å²) in [6.07, 6.45) is 0. The van der Waals surface area contributed by atoms with Crippen LogP contribution in [0.2, 0.25) is 0 Å². The summed E-state index contributed by atoms with van der Waals surface area (Å²) < 4.78 is 5.20. The molecule has 0 aliphatic rings. The molecule has 0 saturated heterocycles. The average molecular weight is 225 g/mol. The SMILES string of the molecule is COc1ccccc1CN(C)C(=O)CS. The second-order valence-corrected chi connectivity index (χ2v) is 3.54. The Hall–Kier alpha value is -1.16. The van der Waals surface area contributed by atoms with Crippen molar-refractivity contribution in [3.63, 3.8) is 0 Å². The molecule has 82 valence electrons. The van der Waals surface area contributed by atoms with Gasteiger partial charge in [0.05, 0.1) is 12.9 Å². The van der Waals surface area contributed by atoms with Gasteiger partial charge in [0.1, 0.15) is 5.75 Å². The zero-order chi connectivity index (χ0) is 11.3. The minimum absolute atomic E-state index is 0.00393. The molecule has 0 radical (unpaired) electrons. The summed E-state index contributed by atoms with van der Waals surface area (Å²) >= 11 is 3.95. The Morgan fingerprint density at radius 3 is 2.73 bits per heavy atom. The maximum atomic E-state index is 11.3. The van der Waals surface area contributed by atoms with Crippen LogP contribution in [0.15, 0.2) is 24.3 Å². The molecule has 1 rings (SSSR count). The molecule has 0 atom stereocenters. The van der Waals surface area contributed by atoms with Gasteiger partial charge in [-0.15, -0.1) is 0 Å². The second kappa shape index (κ2) is 5.66. The number of thiol groups is 1. The Balaban J connectivity index is 2.75. The number of amides is 1. The van der Waals surface area contributed by atoms with E-state index >= 15 is 0 Å². The summed E-state index contributed by atoms with van der Waals surface area (Å²) in [5, 5.41) is 0. The molecule has 3 nitrogen and oxygen atoms in total. The van der Waals surface area contributed by atoms with Crippen molar-refractivity contribution in [3.8, 4) is 5.75 Å². The molecule has 1 aromatic rings. The van der Waals surface area contributed by atoms with Crippen LogP contribution >= 0.6 is 12.6 Å². The van der Waals surface area contributed by atoms with Crippen LogP contribution in [-0.4, -0.2) is 30.7 Å². The third-order valence-electron chi connectivity index (χ3n) is 2.16. The number of benzene rings is 1. The molecule has 0 aromatic heterocycles. The van der Waals surface area contributed by atoms with Crippen molar-refractivity contribution in [2.45, 2.75) is 6.54 Å². The zero-order valence-corrected chi connectivity index (χ0v) is 9.83. The number of nitrogens with zero attached hydrogens (tertiary/aromatic N) is 1. The lowest BCUT2D eigenvalue weighted by Crippen LogP contribution is -2.27. The highest BCUT2D eigenvalue weighted by molar-refractivity contribution is 7.81. The van der Waals surface area contributed by atoms with E-state index < -0.39 is 0 Å². The minimum Gasteiger partial charge on any atom is -0.496 e. The molecular formula is C11H15NO2S. The van der Waals surface area contributed by atoms with E-state index in [0.717, 1.165) is 11.3 Å². The first-order chi connectivity index (χ1) is 7.19. The van der Waals surface area contributed by atoms with Crippen LogP contribution in [-0.2, 0) is 11.3 Å².